The molecule has 0 N–H and O–H groups in total. The lowest BCUT2D eigenvalue weighted by Gasteiger charge is -2.46. The number of esters is 1. The van der Waals surface area contributed by atoms with E-state index in [1.165, 1.54) is 18.1 Å². The van der Waals surface area contributed by atoms with E-state index in [1.54, 1.807) is 0 Å². The maximum Gasteiger partial charge on any atom is 0.302 e. The van der Waals surface area contributed by atoms with Gasteiger partial charge in [0.25, 0.3) is 0 Å². The number of ether oxygens (including phenoxy) is 3. The molecule has 5 aliphatic rings. The first-order valence-corrected chi connectivity index (χ1v) is 28.0. The van der Waals surface area contributed by atoms with E-state index in [-0.39, 0.29) is 57.2 Å². The van der Waals surface area contributed by atoms with Crippen LogP contribution < -0.4 is 0 Å². The Hall–Kier alpha value is -1.37. The molecule has 9 heteroatoms. The fourth-order valence-corrected chi connectivity index (χ4v) is 13.0. The Morgan fingerprint density at radius 2 is 1.54 bits per heavy atom. The zero-order chi connectivity index (χ0) is 41.7. The maximum atomic E-state index is 13.6. The topological polar surface area (TPSA) is 80.3 Å². The summed E-state index contributed by atoms with van der Waals surface area (Å²) in [6, 6.07) is 0. The molecule has 1 unspecified atom stereocenters. The molecule has 1 heterocycles. The van der Waals surface area contributed by atoms with Gasteiger partial charge in [-0.05, 0) is 135 Å². The summed E-state index contributed by atoms with van der Waals surface area (Å²) in [4.78, 5) is 26.1. The highest BCUT2D eigenvalue weighted by Crippen LogP contribution is 2.61. The van der Waals surface area contributed by atoms with Gasteiger partial charge in [-0.25, -0.2) is 0 Å². The minimum atomic E-state index is -2.05. The minimum absolute atomic E-state index is 0.0411. The maximum absolute atomic E-state index is 13.6. The van der Waals surface area contributed by atoms with Gasteiger partial charge in [-0.2, -0.15) is 0 Å². The molecule has 1 saturated heterocycles. The third kappa shape index (κ3) is 9.64. The van der Waals surface area contributed by atoms with Gasteiger partial charge >= 0.3 is 5.97 Å². The number of allylic oxidation sites excluding steroid dienone is 3. The highest BCUT2D eigenvalue weighted by Gasteiger charge is 2.60. The van der Waals surface area contributed by atoms with Gasteiger partial charge in [0.1, 0.15) is 11.9 Å². The standard InChI is InChI=1S/C47H80O7Si2/c1-32-36(29-38(53-55(12,13)43(4,5)6)31-42(32)54-56(14,15)44(7,8)9)19-18-35-17-16-23-45(10)39(20-21-40(35)45)33(2)41(52-34(3)48)30-37(49)22-24-47(25-26-47)46(11)50-27-28-51-46/h18-19,33,38-42H,1,16-17,20-31H2,2-15H3/b35-18+,36-19-/t33-,38+,39+,40-,41?,42-,45+/m0/s1. The second-order valence-electron chi connectivity index (χ2n) is 22.0. The van der Waals surface area contributed by atoms with Gasteiger partial charge in [-0.15, -0.1) is 0 Å². The third-order valence-corrected chi connectivity index (χ3v) is 25.3. The van der Waals surface area contributed by atoms with E-state index in [4.69, 9.17) is 29.6 Å². The van der Waals surface area contributed by atoms with Crippen LogP contribution in [0.2, 0.25) is 36.3 Å². The number of ketones is 1. The van der Waals surface area contributed by atoms with Crippen LogP contribution in [0.5, 0.6) is 0 Å². The van der Waals surface area contributed by atoms with E-state index in [9.17, 15) is 9.59 Å². The summed E-state index contributed by atoms with van der Waals surface area (Å²) in [6.45, 7) is 37.5. The second kappa shape index (κ2) is 16.6. The van der Waals surface area contributed by atoms with Crippen LogP contribution in [0.3, 0.4) is 0 Å². The van der Waals surface area contributed by atoms with Crippen molar-refractivity contribution >= 4 is 28.4 Å². The van der Waals surface area contributed by atoms with Gasteiger partial charge in [0.15, 0.2) is 22.4 Å². The van der Waals surface area contributed by atoms with E-state index >= 15 is 0 Å². The Balaban J connectivity index is 1.33. The molecule has 0 radical (unpaired) electrons. The number of hydrogen-bond acceptors (Lipinski definition) is 7. The summed E-state index contributed by atoms with van der Waals surface area (Å²) in [5.74, 6) is 0.199. The summed E-state index contributed by atoms with van der Waals surface area (Å²) in [5, 5.41) is 0.236. The lowest BCUT2D eigenvalue weighted by atomic mass is 9.60. The summed E-state index contributed by atoms with van der Waals surface area (Å²) in [5.41, 5.74) is 3.93. The third-order valence-electron chi connectivity index (χ3n) is 16.3. The molecule has 0 spiro atoms. The van der Waals surface area contributed by atoms with Crippen LogP contribution in [0.25, 0.3) is 0 Å². The monoisotopic (exact) mass is 813 g/mol. The molecule has 7 atom stereocenters. The fraction of sp³-hybridized carbons (Fsp3) is 0.830. The van der Waals surface area contributed by atoms with E-state index < -0.39 is 28.5 Å². The summed E-state index contributed by atoms with van der Waals surface area (Å²) in [6.07, 6.45) is 15.4. The quantitative estimate of drug-likeness (QED) is 0.128. The van der Waals surface area contributed by atoms with Crippen molar-refractivity contribution in [3.63, 3.8) is 0 Å². The highest BCUT2D eigenvalue weighted by atomic mass is 28.4. The van der Waals surface area contributed by atoms with Crippen LogP contribution in [0, 0.1) is 28.6 Å². The number of Topliss-reactive ketones (excluding diaryl/α,β-unsaturated/α-hetero) is 1. The molecule has 0 bridgehead atoms. The number of carbonyl (C=O) groups is 2. The van der Waals surface area contributed by atoms with Crippen LogP contribution in [-0.2, 0) is 32.7 Å². The first kappa shape index (κ1) is 45.7. The molecule has 4 saturated carbocycles. The van der Waals surface area contributed by atoms with E-state index in [0.717, 1.165) is 69.8 Å². The zero-order valence-corrected chi connectivity index (χ0v) is 40.1. The van der Waals surface area contributed by atoms with Gasteiger partial charge in [0, 0.05) is 31.6 Å². The average molecular weight is 813 g/mol. The molecular formula is C47H80O7Si2. The van der Waals surface area contributed by atoms with Gasteiger partial charge < -0.3 is 23.1 Å². The van der Waals surface area contributed by atoms with E-state index in [1.807, 2.05) is 6.92 Å². The van der Waals surface area contributed by atoms with Gasteiger partial charge in [0.2, 0.25) is 0 Å². The molecular weight excluding hydrogens is 733 g/mol. The molecule has 0 aromatic heterocycles. The molecule has 56 heavy (non-hydrogen) atoms. The summed E-state index contributed by atoms with van der Waals surface area (Å²) in [7, 11) is -4.05. The van der Waals surface area contributed by atoms with E-state index in [2.05, 4.69) is 93.7 Å². The lowest BCUT2D eigenvalue weighted by Crippen LogP contribution is -2.49. The van der Waals surface area contributed by atoms with Crippen LogP contribution in [0.1, 0.15) is 146 Å². The van der Waals surface area contributed by atoms with E-state index in [0.29, 0.717) is 31.5 Å². The highest BCUT2D eigenvalue weighted by molar-refractivity contribution is 6.74. The molecule has 1 aliphatic heterocycles. The molecule has 0 aromatic carbocycles. The Morgan fingerprint density at radius 3 is 2.11 bits per heavy atom. The normalized spacial score (nSPS) is 32.0. The molecule has 4 aliphatic carbocycles. The first-order valence-electron chi connectivity index (χ1n) is 22.2. The Morgan fingerprint density at radius 1 is 0.929 bits per heavy atom. The molecule has 7 nitrogen and oxygen atoms in total. The fourth-order valence-electron chi connectivity index (χ4n) is 10.3. The van der Waals surface area contributed by atoms with Crippen molar-refractivity contribution in [3.05, 3.63) is 35.5 Å². The van der Waals surface area contributed by atoms with Crippen molar-refractivity contribution in [1.29, 1.82) is 0 Å². The largest absolute Gasteiger partial charge is 0.462 e. The second-order valence-corrected chi connectivity index (χ2v) is 31.5. The summed E-state index contributed by atoms with van der Waals surface area (Å²) >= 11 is 0. The number of carbonyl (C=O) groups excluding carboxylic acids is 2. The SMILES string of the molecule is C=C1/C(=C\C=C2/CCC[C@]3(C)[C@@H]([C@H](C)C(CC(=O)CCC4(C5(C)OCCO5)CC4)OC(C)=O)CC[C@@H]23)C[C@@H](O[Si](C)(C)C(C)(C)C)C[C@@H]1O[Si](C)(C)C(C)(C)C. The molecule has 0 aromatic rings. The molecule has 318 valence electrons. The van der Waals surface area contributed by atoms with Crippen molar-refractivity contribution in [1.82, 2.24) is 0 Å². The number of rotatable bonds is 14. The van der Waals surface area contributed by atoms with Gasteiger partial charge in [0.05, 0.1) is 25.4 Å². The average Bonchev–Trinajstić information content (AvgIpc) is 3.61. The smallest absolute Gasteiger partial charge is 0.302 e. The predicted octanol–water partition coefficient (Wildman–Crippen LogP) is 12.0. The van der Waals surface area contributed by atoms with Crippen molar-refractivity contribution < 1.29 is 32.7 Å². The van der Waals surface area contributed by atoms with Crippen molar-refractivity contribution in [2.24, 2.45) is 28.6 Å². The molecule has 0 amide bonds. The van der Waals surface area contributed by atoms with Gasteiger partial charge in [-0.3, -0.25) is 9.59 Å². The van der Waals surface area contributed by atoms with Crippen LogP contribution >= 0.6 is 0 Å². The Labute approximate surface area is 343 Å². The summed E-state index contributed by atoms with van der Waals surface area (Å²) < 4.78 is 32.3. The van der Waals surface area contributed by atoms with Gasteiger partial charge in [-0.1, -0.05) is 79.7 Å². The van der Waals surface area contributed by atoms with Crippen LogP contribution in [-0.4, -0.2) is 65.7 Å². The number of hydrogen-bond donors (Lipinski definition) is 0. The Kier molecular flexibility index (Phi) is 13.5. The van der Waals surface area contributed by atoms with Crippen molar-refractivity contribution in [2.75, 3.05) is 13.2 Å². The Bertz CT molecular complexity index is 1520. The molecule has 5 fully saturated rings. The van der Waals surface area contributed by atoms with Crippen LogP contribution in [0.15, 0.2) is 35.5 Å². The molecule has 5 rings (SSSR count). The lowest BCUT2D eigenvalue weighted by molar-refractivity contribution is -0.194. The van der Waals surface area contributed by atoms with Crippen LogP contribution in [0.4, 0.5) is 0 Å². The predicted molar refractivity (Wildman–Crippen MR) is 232 cm³/mol. The van der Waals surface area contributed by atoms with Crippen molar-refractivity contribution in [3.8, 4) is 0 Å². The van der Waals surface area contributed by atoms with Crippen molar-refractivity contribution in [2.45, 2.75) is 207 Å². The zero-order valence-electron chi connectivity index (χ0n) is 38.1. The first-order chi connectivity index (χ1) is 25.7. The number of fused-ring (bicyclic) bond motifs is 1. The minimum Gasteiger partial charge on any atom is -0.462 e.